The van der Waals surface area contributed by atoms with E-state index in [1.54, 1.807) is 36.1 Å². The lowest BCUT2D eigenvalue weighted by Gasteiger charge is -2.45. The van der Waals surface area contributed by atoms with Gasteiger partial charge in [0.25, 0.3) is 0 Å². The molecule has 4 aliphatic rings. The molecular weight excluding hydrogens is 1340 g/mol. The number of rotatable bonds is 13. The highest BCUT2D eigenvalue weighted by molar-refractivity contribution is 6.31. The molecule has 554 valence electrons. The number of benzene rings is 2. The van der Waals surface area contributed by atoms with Crippen molar-refractivity contribution in [1.29, 1.82) is 0 Å². The van der Waals surface area contributed by atoms with Crippen LogP contribution in [0.25, 0.3) is 0 Å². The Bertz CT molecular complexity index is 3300. The molecule has 6 rings (SSSR count). The predicted octanol–water partition coefficient (Wildman–Crippen LogP) is 6.00. The first-order valence-corrected chi connectivity index (χ1v) is 35.7. The number of alkyl halides is 3. The molecule has 0 spiro atoms. The molecule has 0 saturated carbocycles. The SMILES string of the molecule is CCCC[C@@H]1NC(=O)[C@H](CCc2ccc(C(F)(F)F)c(Cl)c2)NC(=O)CN(C)C(=O)[C@H](Cc2ccc(Cl)cc2)N(C)C(=O)[C@@H]2CCN2C(=O)[C@H](C)N(C)C(=O)[C@H]([C@@H](C)CC)NC(=O)[C@@H]2CCCCN2C(=O)C[C@@H](C(=O)N2CCCCC2)N(C)C(=O)[C@H](CC(C)C)NC(=O)C(C)(C)N(C)C1=O. The van der Waals surface area contributed by atoms with Crippen molar-refractivity contribution in [3.8, 4) is 0 Å². The molecule has 10 atom stereocenters. The third-order valence-corrected chi connectivity index (χ3v) is 20.9. The van der Waals surface area contributed by atoms with E-state index < -0.39 is 166 Å². The second-order valence-corrected chi connectivity index (χ2v) is 29.1. The van der Waals surface area contributed by atoms with Crippen molar-refractivity contribution in [3.05, 3.63) is 69.2 Å². The summed E-state index contributed by atoms with van der Waals surface area (Å²) < 4.78 is 41.5. The summed E-state index contributed by atoms with van der Waals surface area (Å²) >= 11 is 12.4. The molecule has 2 aromatic carbocycles. The van der Waals surface area contributed by atoms with Crippen LogP contribution in [0.1, 0.15) is 162 Å². The van der Waals surface area contributed by atoms with Gasteiger partial charge in [-0.2, -0.15) is 13.2 Å². The molecule has 24 nitrogen and oxygen atoms in total. The zero-order valence-corrected chi connectivity index (χ0v) is 61.6. The van der Waals surface area contributed by atoms with E-state index in [9.17, 15) is 61.1 Å². The Morgan fingerprint density at radius 3 is 1.87 bits per heavy atom. The van der Waals surface area contributed by atoms with Crippen LogP contribution >= 0.6 is 23.2 Å². The molecule has 4 heterocycles. The highest BCUT2D eigenvalue weighted by atomic mass is 35.5. The number of fused-ring (bicyclic) bond motifs is 2. The van der Waals surface area contributed by atoms with Crippen molar-refractivity contribution in [2.45, 2.75) is 224 Å². The first kappa shape index (κ1) is 81.4. The van der Waals surface area contributed by atoms with Crippen LogP contribution in [0.5, 0.6) is 0 Å². The largest absolute Gasteiger partial charge is 0.417 e. The van der Waals surface area contributed by atoms with E-state index in [0.29, 0.717) is 68.6 Å². The summed E-state index contributed by atoms with van der Waals surface area (Å²) in [5.74, 6) is -9.21. The van der Waals surface area contributed by atoms with Crippen molar-refractivity contribution in [3.63, 3.8) is 0 Å². The zero-order valence-electron chi connectivity index (χ0n) is 60.1. The van der Waals surface area contributed by atoms with Gasteiger partial charge in [-0.25, -0.2) is 0 Å². The Kier molecular flexibility index (Phi) is 29.2. The third kappa shape index (κ3) is 20.4. The number of hydrogen-bond acceptors (Lipinski definition) is 12. The lowest BCUT2D eigenvalue weighted by atomic mass is 9.94. The molecule has 0 unspecified atom stereocenters. The highest BCUT2D eigenvalue weighted by Crippen LogP contribution is 2.36. The van der Waals surface area contributed by atoms with Crippen LogP contribution in [0.4, 0.5) is 13.2 Å². The maximum atomic E-state index is 15.2. The molecule has 4 fully saturated rings. The van der Waals surface area contributed by atoms with Gasteiger partial charge in [0, 0.05) is 72.9 Å². The fourth-order valence-electron chi connectivity index (χ4n) is 13.1. The summed E-state index contributed by atoms with van der Waals surface area (Å²) in [6.45, 7) is 13.7. The van der Waals surface area contributed by atoms with Gasteiger partial charge >= 0.3 is 6.18 Å². The molecule has 4 aliphatic heterocycles. The standard InChI is InChI=1S/C71H103Cl2F3N12O12/c1-14-16-22-51-64(95)85(13)70(7,8)69(100)79-52(37-42(3)4)63(94)83(11)56(67(98)86-33-19-17-20-34-86)40-58(90)87-35-21-18-23-53(87)61(92)80-59(43(5)15-2)68(99)82(10)44(6)62(93)88-36-32-54(88)66(97)84(12)55(39-46-24-28-47(72)29-25-46)65(96)81(9)41-57(89)77-50(60(91)78-51)31-27-45-26-30-48(49(73)38-45)71(74,75)76/h24-26,28-30,38,42-44,50-56,59H,14-23,27,31-37,39-41H2,1-13H3,(H,77,89)(H,78,91)(H,79,100)(H,80,92)/t43-,44-,50-,51-,52-,53-,54-,55-,56-,59-/m0/s1. The summed E-state index contributed by atoms with van der Waals surface area (Å²) in [5.41, 5.74) is -2.07. The van der Waals surface area contributed by atoms with Crippen molar-refractivity contribution < 1.29 is 70.7 Å². The van der Waals surface area contributed by atoms with Gasteiger partial charge in [0.05, 0.1) is 23.6 Å². The topological polar surface area (TPSA) is 279 Å². The van der Waals surface area contributed by atoms with Crippen molar-refractivity contribution in [1.82, 2.24) is 60.5 Å². The number of nitrogens with zero attached hydrogens (tertiary/aromatic N) is 8. The molecule has 4 N–H and O–H groups in total. The number of carbonyl (C=O) groups excluding carboxylic acids is 12. The Labute approximate surface area is 595 Å². The van der Waals surface area contributed by atoms with Gasteiger partial charge in [-0.05, 0) is 139 Å². The van der Waals surface area contributed by atoms with Gasteiger partial charge in [-0.3, -0.25) is 57.5 Å². The minimum absolute atomic E-state index is 0.0190. The molecular formula is C71H103Cl2F3N12O12. The van der Waals surface area contributed by atoms with Crippen LogP contribution < -0.4 is 21.3 Å². The van der Waals surface area contributed by atoms with Gasteiger partial charge in [0.15, 0.2) is 0 Å². The van der Waals surface area contributed by atoms with Crippen LogP contribution in [0.2, 0.25) is 10.0 Å². The Hall–Kier alpha value is -7.55. The summed E-state index contributed by atoms with van der Waals surface area (Å²) in [4.78, 5) is 188. The number of nitrogens with one attached hydrogen (secondary N) is 4. The van der Waals surface area contributed by atoms with Crippen LogP contribution in [0.3, 0.4) is 0 Å². The van der Waals surface area contributed by atoms with E-state index in [0.717, 1.165) is 33.3 Å². The minimum Gasteiger partial charge on any atom is -0.343 e. The van der Waals surface area contributed by atoms with Gasteiger partial charge in [-0.1, -0.05) is 95.3 Å². The quantitative estimate of drug-likeness (QED) is 0.180. The lowest BCUT2D eigenvalue weighted by molar-refractivity contribution is -0.160. The normalized spacial score (nSPS) is 25.9. The summed E-state index contributed by atoms with van der Waals surface area (Å²) in [5, 5.41) is 11.0. The van der Waals surface area contributed by atoms with Crippen molar-refractivity contribution in [2.75, 3.05) is 68.0 Å². The fourth-order valence-corrected chi connectivity index (χ4v) is 13.6. The predicted molar refractivity (Wildman–Crippen MR) is 370 cm³/mol. The highest BCUT2D eigenvalue weighted by Gasteiger charge is 2.48. The zero-order chi connectivity index (χ0) is 74.4. The van der Waals surface area contributed by atoms with Gasteiger partial charge < -0.3 is 60.5 Å². The number of hydrogen-bond donors (Lipinski definition) is 4. The average molecular weight is 1440 g/mol. The monoisotopic (exact) mass is 1440 g/mol. The average Bonchev–Trinajstić information content (AvgIpc) is 0.787. The summed E-state index contributed by atoms with van der Waals surface area (Å²) in [6, 6.07) is -2.04. The molecule has 0 bridgehead atoms. The maximum absolute atomic E-state index is 15.2. The number of piperidine rings is 2. The number of likely N-dealkylation sites (N-methyl/N-ethyl adjacent to an activating group) is 5. The van der Waals surface area contributed by atoms with E-state index in [1.165, 1.54) is 81.7 Å². The Morgan fingerprint density at radius 2 is 1.28 bits per heavy atom. The number of halogens is 5. The molecule has 0 radical (unpaired) electrons. The van der Waals surface area contributed by atoms with Crippen LogP contribution in [0.15, 0.2) is 42.5 Å². The summed E-state index contributed by atoms with van der Waals surface area (Å²) in [7, 11) is 6.83. The fraction of sp³-hybridized carbons (Fsp3) is 0.662. The molecule has 4 saturated heterocycles. The van der Waals surface area contributed by atoms with Gasteiger partial charge in [0.2, 0.25) is 70.9 Å². The number of likely N-dealkylation sites (tertiary alicyclic amines) is 1. The number of aryl methyl sites for hydroxylation is 1. The molecule has 0 aromatic heterocycles. The number of amides is 12. The Morgan fingerprint density at radius 1 is 0.640 bits per heavy atom. The third-order valence-electron chi connectivity index (χ3n) is 20.3. The van der Waals surface area contributed by atoms with Crippen LogP contribution in [-0.2, 0) is 76.6 Å². The summed E-state index contributed by atoms with van der Waals surface area (Å²) in [6.07, 6.45) is -0.877. The number of carbonyl (C=O) groups is 12. The number of unbranched alkanes of at least 4 members (excludes halogenated alkanes) is 1. The second-order valence-electron chi connectivity index (χ2n) is 28.3. The minimum atomic E-state index is -4.78. The maximum Gasteiger partial charge on any atom is 0.417 e. The van der Waals surface area contributed by atoms with Crippen LogP contribution in [0, 0.1) is 11.8 Å². The molecule has 29 heteroatoms. The van der Waals surface area contributed by atoms with Gasteiger partial charge in [-0.15, -0.1) is 0 Å². The Balaban J connectivity index is 1.43. The van der Waals surface area contributed by atoms with E-state index >= 15 is 9.59 Å². The van der Waals surface area contributed by atoms with Gasteiger partial charge in [0.1, 0.15) is 59.9 Å². The first-order chi connectivity index (χ1) is 46.9. The smallest absolute Gasteiger partial charge is 0.343 e. The van der Waals surface area contributed by atoms with E-state index in [2.05, 4.69) is 21.3 Å². The van der Waals surface area contributed by atoms with E-state index in [4.69, 9.17) is 23.2 Å². The van der Waals surface area contributed by atoms with E-state index in [1.807, 2.05) is 27.7 Å². The molecule has 2 aromatic rings. The van der Waals surface area contributed by atoms with Crippen molar-refractivity contribution in [2.24, 2.45) is 11.8 Å². The second kappa shape index (κ2) is 35.9. The molecule has 0 aliphatic carbocycles. The molecule has 100 heavy (non-hydrogen) atoms. The lowest BCUT2D eigenvalue weighted by Crippen LogP contribution is -2.65. The molecule has 12 amide bonds. The van der Waals surface area contributed by atoms with Crippen molar-refractivity contribution >= 4 is 94.1 Å². The first-order valence-electron chi connectivity index (χ1n) is 35.0. The van der Waals surface area contributed by atoms with E-state index in [-0.39, 0.29) is 69.5 Å². The van der Waals surface area contributed by atoms with Crippen LogP contribution in [-0.4, -0.2) is 238 Å².